The van der Waals surface area contributed by atoms with E-state index < -0.39 is 17.6 Å². The summed E-state index contributed by atoms with van der Waals surface area (Å²) in [4.78, 5) is 25.6. The summed E-state index contributed by atoms with van der Waals surface area (Å²) in [6.45, 7) is -0.0879. The molecule has 0 fully saturated rings. The van der Waals surface area contributed by atoms with Gasteiger partial charge in [0.05, 0.1) is 16.8 Å². The molecule has 0 saturated carbocycles. The number of carbonyl (C=O) groups excluding carboxylic acids is 2. The molecule has 0 radical (unpaired) electrons. The molecule has 0 unspecified atom stereocenters. The predicted octanol–water partition coefficient (Wildman–Crippen LogP) is 2.08. The van der Waals surface area contributed by atoms with E-state index in [1.807, 2.05) is 0 Å². The Bertz CT molecular complexity index is 693. The molecular weight excluding hydrogens is 259 g/mol. The highest BCUT2D eigenvalue weighted by Crippen LogP contribution is 2.31. The van der Waals surface area contributed by atoms with E-state index in [0.29, 0.717) is 11.1 Å². The number of benzene rings is 2. The number of hydrogen-bond acceptors (Lipinski definition) is 3. The third-order valence-electron chi connectivity index (χ3n) is 3.33. The van der Waals surface area contributed by atoms with E-state index in [9.17, 15) is 14.0 Å². The molecule has 2 N–H and O–H groups in total. The van der Waals surface area contributed by atoms with E-state index in [1.165, 1.54) is 18.2 Å². The van der Waals surface area contributed by atoms with Crippen molar-refractivity contribution < 1.29 is 14.0 Å². The number of nitrogens with two attached hydrogens (primary N) is 1. The monoisotopic (exact) mass is 270 g/mol. The fraction of sp³-hybridized carbons (Fsp3) is 0.0667. The maximum Gasteiger partial charge on any atom is 0.266 e. The van der Waals surface area contributed by atoms with Gasteiger partial charge in [-0.25, -0.2) is 9.29 Å². The molecule has 2 amide bonds. The molecule has 20 heavy (non-hydrogen) atoms. The number of fused-ring (bicyclic) bond motifs is 1. The smallest absolute Gasteiger partial charge is 0.266 e. The first kappa shape index (κ1) is 12.5. The van der Waals surface area contributed by atoms with E-state index >= 15 is 0 Å². The van der Waals surface area contributed by atoms with Crippen LogP contribution in [-0.4, -0.2) is 11.8 Å². The predicted molar refractivity (Wildman–Crippen MR) is 71.9 cm³/mol. The zero-order valence-corrected chi connectivity index (χ0v) is 10.5. The highest BCUT2D eigenvalue weighted by Gasteiger charge is 2.37. The van der Waals surface area contributed by atoms with E-state index in [0.717, 1.165) is 4.90 Å². The minimum Gasteiger partial charge on any atom is -0.326 e. The van der Waals surface area contributed by atoms with Crippen LogP contribution in [0, 0.1) is 5.82 Å². The molecule has 0 atom stereocenters. The number of anilines is 1. The van der Waals surface area contributed by atoms with Crippen LogP contribution >= 0.6 is 0 Å². The van der Waals surface area contributed by atoms with Crippen molar-refractivity contribution in [3.05, 3.63) is 65.0 Å². The maximum atomic E-state index is 13.8. The van der Waals surface area contributed by atoms with Gasteiger partial charge in [0.25, 0.3) is 11.8 Å². The molecule has 0 aromatic heterocycles. The van der Waals surface area contributed by atoms with Gasteiger partial charge < -0.3 is 5.73 Å². The number of nitrogens with zero attached hydrogens (tertiary/aromatic N) is 1. The molecule has 1 aliphatic rings. The summed E-state index contributed by atoms with van der Waals surface area (Å²) in [7, 11) is 0. The van der Waals surface area contributed by atoms with Gasteiger partial charge >= 0.3 is 0 Å². The van der Waals surface area contributed by atoms with Gasteiger partial charge in [-0.15, -0.1) is 0 Å². The molecule has 3 rings (SSSR count). The maximum absolute atomic E-state index is 13.8. The lowest BCUT2D eigenvalue weighted by atomic mass is 10.1. The number of hydrogen-bond donors (Lipinski definition) is 1. The van der Waals surface area contributed by atoms with Crippen LogP contribution in [0.3, 0.4) is 0 Å². The lowest BCUT2D eigenvalue weighted by molar-refractivity contribution is 0.0926. The first-order chi connectivity index (χ1) is 9.65. The van der Waals surface area contributed by atoms with Crippen LogP contribution in [0.15, 0.2) is 42.5 Å². The van der Waals surface area contributed by atoms with Gasteiger partial charge in [-0.05, 0) is 24.3 Å². The third kappa shape index (κ3) is 1.64. The Kier molecular flexibility index (Phi) is 2.84. The molecule has 0 spiro atoms. The topological polar surface area (TPSA) is 63.4 Å². The number of amides is 2. The van der Waals surface area contributed by atoms with E-state index in [-0.39, 0.29) is 17.8 Å². The third-order valence-corrected chi connectivity index (χ3v) is 3.33. The first-order valence-corrected chi connectivity index (χ1v) is 6.10. The Morgan fingerprint density at radius 2 is 1.55 bits per heavy atom. The van der Waals surface area contributed by atoms with Gasteiger partial charge in [0, 0.05) is 12.1 Å². The van der Waals surface area contributed by atoms with Gasteiger partial charge in [0.1, 0.15) is 5.82 Å². The average molecular weight is 270 g/mol. The number of imide groups is 1. The zero-order valence-electron chi connectivity index (χ0n) is 10.5. The van der Waals surface area contributed by atoms with Crippen molar-refractivity contribution in [2.45, 2.75) is 6.54 Å². The fourth-order valence-corrected chi connectivity index (χ4v) is 2.37. The van der Waals surface area contributed by atoms with Crippen LogP contribution in [0.2, 0.25) is 0 Å². The summed E-state index contributed by atoms with van der Waals surface area (Å²) in [5.41, 5.74) is 6.54. The van der Waals surface area contributed by atoms with Gasteiger partial charge in [-0.3, -0.25) is 9.59 Å². The van der Waals surface area contributed by atoms with E-state index in [4.69, 9.17) is 5.73 Å². The van der Waals surface area contributed by atoms with Crippen molar-refractivity contribution in [2.75, 3.05) is 4.90 Å². The molecule has 100 valence electrons. The van der Waals surface area contributed by atoms with Crippen LogP contribution in [-0.2, 0) is 6.54 Å². The largest absolute Gasteiger partial charge is 0.326 e. The lowest BCUT2D eigenvalue weighted by Gasteiger charge is -2.17. The molecule has 1 heterocycles. The van der Waals surface area contributed by atoms with Crippen molar-refractivity contribution >= 4 is 17.5 Å². The second kappa shape index (κ2) is 4.54. The number of carbonyl (C=O) groups is 2. The summed E-state index contributed by atoms with van der Waals surface area (Å²) in [6.07, 6.45) is 0. The van der Waals surface area contributed by atoms with Crippen LogP contribution in [0.25, 0.3) is 0 Å². The Balaban J connectivity index is 2.17. The van der Waals surface area contributed by atoms with Crippen molar-refractivity contribution in [3.63, 3.8) is 0 Å². The number of rotatable bonds is 2. The fourth-order valence-electron chi connectivity index (χ4n) is 2.37. The van der Waals surface area contributed by atoms with Crippen molar-refractivity contribution in [2.24, 2.45) is 5.73 Å². The minimum absolute atomic E-state index is 0.0879. The second-order valence-electron chi connectivity index (χ2n) is 4.43. The lowest BCUT2D eigenvalue weighted by Crippen LogP contribution is -2.31. The Hall–Kier alpha value is -2.53. The molecular formula is C15H11FN2O2. The zero-order chi connectivity index (χ0) is 14.3. The second-order valence-corrected chi connectivity index (χ2v) is 4.43. The molecule has 0 saturated heterocycles. The minimum atomic E-state index is -0.526. The quantitative estimate of drug-likeness (QED) is 0.850. The van der Waals surface area contributed by atoms with Gasteiger partial charge in [-0.1, -0.05) is 18.2 Å². The van der Waals surface area contributed by atoms with Crippen LogP contribution < -0.4 is 10.6 Å². The highest BCUT2D eigenvalue weighted by atomic mass is 19.1. The molecule has 5 heteroatoms. The Labute approximate surface area is 114 Å². The van der Waals surface area contributed by atoms with Crippen molar-refractivity contribution in [1.29, 1.82) is 0 Å². The molecule has 1 aliphatic heterocycles. The summed E-state index contributed by atoms with van der Waals surface area (Å²) >= 11 is 0. The highest BCUT2D eigenvalue weighted by molar-refractivity contribution is 6.34. The molecule has 2 aromatic rings. The first-order valence-electron chi connectivity index (χ1n) is 6.10. The van der Waals surface area contributed by atoms with Crippen LogP contribution in [0.1, 0.15) is 26.3 Å². The Morgan fingerprint density at radius 3 is 2.10 bits per heavy atom. The van der Waals surface area contributed by atoms with Crippen molar-refractivity contribution in [1.82, 2.24) is 0 Å². The summed E-state index contributed by atoms with van der Waals surface area (Å²) in [5.74, 6) is -1.43. The molecule has 2 aromatic carbocycles. The van der Waals surface area contributed by atoms with E-state index in [2.05, 4.69) is 0 Å². The molecule has 4 nitrogen and oxygen atoms in total. The summed E-state index contributed by atoms with van der Waals surface area (Å²) in [6, 6.07) is 10.8. The van der Waals surface area contributed by atoms with Crippen LogP contribution in [0.5, 0.6) is 0 Å². The van der Waals surface area contributed by atoms with Crippen LogP contribution in [0.4, 0.5) is 10.1 Å². The Morgan fingerprint density at radius 1 is 0.950 bits per heavy atom. The normalized spacial score (nSPS) is 13.8. The molecule has 0 aliphatic carbocycles. The van der Waals surface area contributed by atoms with Crippen molar-refractivity contribution in [3.8, 4) is 0 Å². The number of halogens is 1. The standard InChI is InChI=1S/C15H11FN2O2/c16-12-6-3-7-13(11(12)8-17)18-14(19)9-4-1-2-5-10(9)15(18)20/h1-7H,8,17H2. The summed E-state index contributed by atoms with van der Waals surface area (Å²) < 4.78 is 13.8. The van der Waals surface area contributed by atoms with Gasteiger partial charge in [0.15, 0.2) is 0 Å². The summed E-state index contributed by atoms with van der Waals surface area (Å²) in [5, 5.41) is 0. The van der Waals surface area contributed by atoms with Gasteiger partial charge in [0.2, 0.25) is 0 Å². The SMILES string of the molecule is NCc1c(F)cccc1N1C(=O)c2ccccc2C1=O. The van der Waals surface area contributed by atoms with Gasteiger partial charge in [-0.2, -0.15) is 0 Å². The van der Waals surface area contributed by atoms with E-state index in [1.54, 1.807) is 24.3 Å². The molecule has 0 bridgehead atoms. The average Bonchev–Trinajstić information content (AvgIpc) is 2.71.